The smallest absolute Gasteiger partial charge is 0.176 e. The lowest BCUT2D eigenvalue weighted by atomic mass is 10.1. The summed E-state index contributed by atoms with van der Waals surface area (Å²) in [5.74, 6) is 0.268. The van der Waals surface area contributed by atoms with Gasteiger partial charge in [-0.15, -0.1) is 0 Å². The summed E-state index contributed by atoms with van der Waals surface area (Å²) in [4.78, 5) is 17.4. The number of hydrogen-bond acceptors (Lipinski definition) is 3. The summed E-state index contributed by atoms with van der Waals surface area (Å²) in [5.41, 5.74) is 2.16. The van der Waals surface area contributed by atoms with E-state index in [0.717, 1.165) is 25.1 Å². The van der Waals surface area contributed by atoms with Crippen LogP contribution >= 0.6 is 0 Å². The van der Waals surface area contributed by atoms with Crippen LogP contribution in [0.4, 0.5) is 0 Å². The maximum Gasteiger partial charge on any atom is 0.176 e. The van der Waals surface area contributed by atoms with Crippen LogP contribution in [0.25, 0.3) is 0 Å². The Kier molecular flexibility index (Phi) is 4.71. The first-order chi connectivity index (χ1) is 10.3. The zero-order valence-corrected chi connectivity index (χ0v) is 13.1. The Morgan fingerprint density at radius 1 is 1.14 bits per heavy atom. The van der Waals surface area contributed by atoms with Crippen LogP contribution in [0.15, 0.2) is 24.3 Å². The normalized spacial score (nSPS) is 23.8. The second-order valence-electron chi connectivity index (χ2n) is 6.39. The van der Waals surface area contributed by atoms with Gasteiger partial charge >= 0.3 is 0 Å². The van der Waals surface area contributed by atoms with Gasteiger partial charge in [-0.05, 0) is 50.9 Å². The van der Waals surface area contributed by atoms with Crippen LogP contribution in [0.2, 0.25) is 0 Å². The number of Topliss-reactive ketones (excluding diaryl/α,β-unsaturated/α-hetero) is 1. The van der Waals surface area contributed by atoms with Crippen LogP contribution in [-0.4, -0.2) is 54.3 Å². The fourth-order valence-corrected chi connectivity index (χ4v) is 3.65. The maximum atomic E-state index is 12.5. The maximum absolute atomic E-state index is 12.5. The summed E-state index contributed by atoms with van der Waals surface area (Å²) in [7, 11) is 0. The number of hydrogen-bond donors (Lipinski definition) is 0. The van der Waals surface area contributed by atoms with Crippen molar-refractivity contribution in [1.82, 2.24) is 9.80 Å². The molecule has 1 atom stereocenters. The van der Waals surface area contributed by atoms with Gasteiger partial charge in [-0.2, -0.15) is 0 Å². The number of aryl methyl sites for hydroxylation is 1. The summed E-state index contributed by atoms with van der Waals surface area (Å²) in [6.45, 7) is 7.31. The molecule has 0 radical (unpaired) electrons. The highest BCUT2D eigenvalue weighted by Crippen LogP contribution is 2.21. The van der Waals surface area contributed by atoms with Gasteiger partial charge in [-0.1, -0.05) is 31.2 Å². The van der Waals surface area contributed by atoms with Crippen LogP contribution in [0.3, 0.4) is 0 Å². The lowest BCUT2D eigenvalue weighted by Gasteiger charge is -2.25. The summed E-state index contributed by atoms with van der Waals surface area (Å²) in [5, 5.41) is 0. The average molecular weight is 286 g/mol. The highest BCUT2D eigenvalue weighted by molar-refractivity contribution is 5.97. The Morgan fingerprint density at radius 3 is 2.67 bits per heavy atom. The fourth-order valence-electron chi connectivity index (χ4n) is 3.65. The van der Waals surface area contributed by atoms with Gasteiger partial charge in [0.2, 0.25) is 0 Å². The molecule has 0 aromatic heterocycles. The Balaban J connectivity index is 1.60. The van der Waals surface area contributed by atoms with E-state index in [1.54, 1.807) is 0 Å². The molecule has 0 bridgehead atoms. The van der Waals surface area contributed by atoms with Crippen molar-refractivity contribution in [3.8, 4) is 0 Å². The van der Waals surface area contributed by atoms with Crippen molar-refractivity contribution in [3.05, 3.63) is 35.4 Å². The molecule has 0 saturated carbocycles. The van der Waals surface area contributed by atoms with Crippen LogP contribution in [0.5, 0.6) is 0 Å². The molecule has 3 rings (SSSR count). The minimum absolute atomic E-state index is 0.268. The molecule has 0 N–H and O–H groups in total. The van der Waals surface area contributed by atoms with Crippen LogP contribution in [0, 0.1) is 0 Å². The summed E-state index contributed by atoms with van der Waals surface area (Å²) in [6.07, 6.45) is 4.84. The molecule has 2 fully saturated rings. The number of fused-ring (bicyclic) bond motifs is 1. The zero-order chi connectivity index (χ0) is 14.7. The molecule has 3 heteroatoms. The number of carbonyl (C=O) groups is 1. The molecule has 1 aromatic carbocycles. The second-order valence-corrected chi connectivity index (χ2v) is 6.39. The first-order valence-corrected chi connectivity index (χ1v) is 8.35. The van der Waals surface area contributed by atoms with Crippen LogP contribution in [-0.2, 0) is 6.42 Å². The third-order valence-corrected chi connectivity index (χ3v) is 4.94. The second kappa shape index (κ2) is 6.71. The molecule has 3 nitrogen and oxygen atoms in total. The summed E-state index contributed by atoms with van der Waals surface area (Å²) in [6, 6.07) is 8.81. The molecule has 0 amide bonds. The number of rotatable bonds is 4. The third kappa shape index (κ3) is 3.53. The standard InChI is InChI=1S/C18H26N2O/c1-2-15-6-8-16(9-7-15)18(21)14-19-10-4-12-20-11-3-5-17(20)13-19/h6-9,17H,2-5,10-14H2,1H3. The van der Waals surface area contributed by atoms with Crippen molar-refractivity contribution in [3.63, 3.8) is 0 Å². The topological polar surface area (TPSA) is 23.6 Å². The van der Waals surface area contributed by atoms with E-state index < -0.39 is 0 Å². The van der Waals surface area contributed by atoms with E-state index in [9.17, 15) is 4.79 Å². The first-order valence-electron chi connectivity index (χ1n) is 8.35. The molecule has 2 aliphatic rings. The summed E-state index contributed by atoms with van der Waals surface area (Å²) >= 11 is 0. The van der Waals surface area contributed by atoms with Crippen molar-refractivity contribution >= 4 is 5.78 Å². The lowest BCUT2D eigenvalue weighted by molar-refractivity contribution is 0.0925. The van der Waals surface area contributed by atoms with E-state index in [4.69, 9.17) is 0 Å². The third-order valence-electron chi connectivity index (χ3n) is 4.94. The van der Waals surface area contributed by atoms with E-state index >= 15 is 0 Å². The number of ketones is 1. The van der Waals surface area contributed by atoms with Crippen molar-refractivity contribution < 1.29 is 4.79 Å². The van der Waals surface area contributed by atoms with Gasteiger partial charge in [0.25, 0.3) is 0 Å². The minimum atomic E-state index is 0.268. The van der Waals surface area contributed by atoms with Gasteiger partial charge in [0.1, 0.15) is 0 Å². The van der Waals surface area contributed by atoms with Crippen molar-refractivity contribution in [2.45, 2.75) is 38.6 Å². The van der Waals surface area contributed by atoms with Crippen molar-refractivity contribution in [2.75, 3.05) is 32.7 Å². The monoisotopic (exact) mass is 286 g/mol. The predicted molar refractivity (Wildman–Crippen MR) is 85.8 cm³/mol. The number of benzene rings is 1. The zero-order valence-electron chi connectivity index (χ0n) is 13.1. The number of carbonyl (C=O) groups excluding carboxylic acids is 1. The molecule has 1 unspecified atom stereocenters. The average Bonchev–Trinajstić information content (AvgIpc) is 2.86. The van der Waals surface area contributed by atoms with Crippen molar-refractivity contribution in [1.29, 1.82) is 0 Å². The van der Waals surface area contributed by atoms with Gasteiger partial charge < -0.3 is 0 Å². The highest BCUT2D eigenvalue weighted by atomic mass is 16.1. The largest absolute Gasteiger partial charge is 0.299 e. The molecule has 0 spiro atoms. The number of nitrogens with zero attached hydrogens (tertiary/aromatic N) is 2. The van der Waals surface area contributed by atoms with Gasteiger partial charge in [-0.3, -0.25) is 14.6 Å². The van der Waals surface area contributed by atoms with Gasteiger partial charge in [0.05, 0.1) is 6.54 Å². The van der Waals surface area contributed by atoms with E-state index in [1.807, 2.05) is 12.1 Å². The van der Waals surface area contributed by atoms with Gasteiger partial charge in [0, 0.05) is 18.2 Å². The lowest BCUT2D eigenvalue weighted by Crippen LogP contribution is -2.38. The molecule has 114 valence electrons. The SMILES string of the molecule is CCc1ccc(C(=O)CN2CCCN3CCCC3C2)cc1. The van der Waals surface area contributed by atoms with E-state index in [2.05, 4.69) is 28.9 Å². The molecule has 1 aromatic rings. The minimum Gasteiger partial charge on any atom is -0.299 e. The van der Waals surface area contributed by atoms with E-state index in [-0.39, 0.29) is 5.78 Å². The van der Waals surface area contributed by atoms with Gasteiger partial charge in [-0.25, -0.2) is 0 Å². The van der Waals surface area contributed by atoms with Crippen molar-refractivity contribution in [2.24, 2.45) is 0 Å². The van der Waals surface area contributed by atoms with Crippen LogP contribution < -0.4 is 0 Å². The van der Waals surface area contributed by atoms with E-state index in [1.165, 1.54) is 37.9 Å². The molecule has 0 aliphatic carbocycles. The van der Waals surface area contributed by atoms with Gasteiger partial charge in [0.15, 0.2) is 5.78 Å². The summed E-state index contributed by atoms with van der Waals surface area (Å²) < 4.78 is 0. The molecule has 2 saturated heterocycles. The molecule has 2 aliphatic heterocycles. The first kappa shape index (κ1) is 14.7. The molecular weight excluding hydrogens is 260 g/mol. The quantitative estimate of drug-likeness (QED) is 0.795. The Hall–Kier alpha value is -1.19. The molecular formula is C18H26N2O. The van der Waals surface area contributed by atoms with Crippen LogP contribution in [0.1, 0.15) is 42.1 Å². The van der Waals surface area contributed by atoms with E-state index in [0.29, 0.717) is 12.6 Å². The highest BCUT2D eigenvalue weighted by Gasteiger charge is 2.29. The predicted octanol–water partition coefficient (Wildman–Crippen LogP) is 2.60. The Labute approximate surface area is 127 Å². The molecule has 2 heterocycles. The Bertz CT molecular complexity index is 482. The molecule has 21 heavy (non-hydrogen) atoms. The fraction of sp³-hybridized carbons (Fsp3) is 0.611. The Morgan fingerprint density at radius 2 is 1.90 bits per heavy atom.